The second-order valence-electron chi connectivity index (χ2n) is 5.70. The Balaban J connectivity index is 1.62. The third-order valence-corrected chi connectivity index (χ3v) is 3.95. The maximum atomic E-state index is 12.2. The Hall–Kier alpha value is -3.02. The molecule has 2 aromatic carbocycles. The molecule has 0 atom stereocenters. The Labute approximate surface area is 146 Å². The summed E-state index contributed by atoms with van der Waals surface area (Å²) in [6.45, 7) is 3.17. The minimum atomic E-state index is -0.350. The number of hydrogen-bond acceptors (Lipinski definition) is 3. The molecule has 130 valence electrons. The summed E-state index contributed by atoms with van der Waals surface area (Å²) in [5.74, 6) is 0.772. The van der Waals surface area contributed by atoms with Crippen LogP contribution in [0.5, 0.6) is 5.75 Å². The third-order valence-electron chi connectivity index (χ3n) is 3.95. The van der Waals surface area contributed by atoms with Gasteiger partial charge in [0.05, 0.1) is 12.3 Å². The van der Waals surface area contributed by atoms with E-state index in [2.05, 4.69) is 10.6 Å². The Morgan fingerprint density at radius 2 is 1.88 bits per heavy atom. The van der Waals surface area contributed by atoms with E-state index in [9.17, 15) is 9.59 Å². The lowest BCUT2D eigenvalue weighted by Crippen LogP contribution is -2.23. The van der Waals surface area contributed by atoms with Gasteiger partial charge in [-0.1, -0.05) is 12.1 Å². The number of nitrogens with zero attached hydrogens (tertiary/aromatic N) is 1. The molecule has 3 amide bonds. The molecule has 0 unspecified atom stereocenters. The van der Waals surface area contributed by atoms with Crippen molar-refractivity contribution in [3.63, 3.8) is 0 Å². The molecule has 2 N–H and O–H groups in total. The molecule has 0 aromatic heterocycles. The zero-order valence-electron chi connectivity index (χ0n) is 14.1. The third kappa shape index (κ3) is 4.09. The Morgan fingerprint density at radius 3 is 2.56 bits per heavy atom. The van der Waals surface area contributed by atoms with Gasteiger partial charge >= 0.3 is 6.03 Å². The zero-order valence-corrected chi connectivity index (χ0v) is 14.1. The number of amides is 3. The summed E-state index contributed by atoms with van der Waals surface area (Å²) in [6, 6.07) is 14.2. The van der Waals surface area contributed by atoms with Gasteiger partial charge in [0.25, 0.3) is 0 Å². The van der Waals surface area contributed by atoms with Crippen LogP contribution in [0.25, 0.3) is 0 Å². The van der Waals surface area contributed by atoms with Crippen molar-refractivity contribution in [3.05, 3.63) is 48.5 Å². The highest BCUT2D eigenvalue weighted by molar-refractivity contribution is 6.01. The van der Waals surface area contributed by atoms with Crippen LogP contribution in [0.1, 0.15) is 19.8 Å². The molecule has 1 aliphatic rings. The van der Waals surface area contributed by atoms with Crippen molar-refractivity contribution < 1.29 is 14.3 Å². The van der Waals surface area contributed by atoms with Crippen LogP contribution in [0, 0.1) is 0 Å². The van der Waals surface area contributed by atoms with Crippen molar-refractivity contribution in [2.24, 2.45) is 0 Å². The summed E-state index contributed by atoms with van der Waals surface area (Å²) in [6.07, 6.45) is 1.49. The van der Waals surface area contributed by atoms with Gasteiger partial charge in [-0.05, 0) is 49.7 Å². The number of para-hydroxylation sites is 2. The SMILES string of the molecule is CCOc1ccccc1NC(=O)Nc1ccc(N2CCCC2=O)cc1. The maximum Gasteiger partial charge on any atom is 0.323 e. The number of benzene rings is 2. The first-order valence-electron chi connectivity index (χ1n) is 8.37. The topological polar surface area (TPSA) is 70.7 Å². The molecule has 0 aliphatic carbocycles. The quantitative estimate of drug-likeness (QED) is 0.869. The Bertz CT molecular complexity index is 759. The summed E-state index contributed by atoms with van der Waals surface area (Å²) in [4.78, 5) is 25.7. The van der Waals surface area contributed by atoms with Crippen molar-refractivity contribution in [2.75, 3.05) is 28.7 Å². The standard InChI is InChI=1S/C19H21N3O3/c1-2-25-17-7-4-3-6-16(17)21-19(24)20-14-9-11-15(12-10-14)22-13-5-8-18(22)23/h3-4,6-7,9-12H,2,5,8,13H2,1H3,(H2,20,21,24). The van der Waals surface area contributed by atoms with Gasteiger partial charge in [-0.3, -0.25) is 4.79 Å². The van der Waals surface area contributed by atoms with Crippen LogP contribution in [-0.4, -0.2) is 25.1 Å². The molecule has 25 heavy (non-hydrogen) atoms. The number of hydrogen-bond donors (Lipinski definition) is 2. The number of rotatable bonds is 5. The highest BCUT2D eigenvalue weighted by Crippen LogP contribution is 2.25. The number of anilines is 3. The fourth-order valence-corrected chi connectivity index (χ4v) is 2.78. The van der Waals surface area contributed by atoms with E-state index in [4.69, 9.17) is 4.74 Å². The predicted octanol–water partition coefficient (Wildman–Crippen LogP) is 3.86. The van der Waals surface area contributed by atoms with E-state index in [-0.39, 0.29) is 11.9 Å². The molecule has 2 aromatic rings. The smallest absolute Gasteiger partial charge is 0.323 e. The molecular formula is C19H21N3O3. The van der Waals surface area contributed by atoms with Crippen LogP contribution < -0.4 is 20.3 Å². The lowest BCUT2D eigenvalue weighted by Gasteiger charge is -2.16. The van der Waals surface area contributed by atoms with Crippen molar-refractivity contribution in [2.45, 2.75) is 19.8 Å². The lowest BCUT2D eigenvalue weighted by molar-refractivity contribution is -0.117. The first-order chi connectivity index (χ1) is 12.2. The highest BCUT2D eigenvalue weighted by Gasteiger charge is 2.21. The van der Waals surface area contributed by atoms with Crippen molar-refractivity contribution >= 4 is 29.0 Å². The second-order valence-corrected chi connectivity index (χ2v) is 5.70. The van der Waals surface area contributed by atoms with Crippen LogP contribution in [-0.2, 0) is 4.79 Å². The summed E-state index contributed by atoms with van der Waals surface area (Å²) >= 11 is 0. The minimum Gasteiger partial charge on any atom is -0.492 e. The molecule has 0 bridgehead atoms. The van der Waals surface area contributed by atoms with Gasteiger partial charge in [-0.25, -0.2) is 4.79 Å². The molecular weight excluding hydrogens is 318 g/mol. The molecule has 0 saturated carbocycles. The highest BCUT2D eigenvalue weighted by atomic mass is 16.5. The van der Waals surface area contributed by atoms with Gasteiger partial charge in [0.15, 0.2) is 0 Å². The maximum absolute atomic E-state index is 12.2. The number of carbonyl (C=O) groups is 2. The average molecular weight is 339 g/mol. The van der Waals surface area contributed by atoms with Crippen LogP contribution in [0.15, 0.2) is 48.5 Å². The predicted molar refractivity (Wildman–Crippen MR) is 98.3 cm³/mol. The second kappa shape index (κ2) is 7.70. The molecule has 1 heterocycles. The van der Waals surface area contributed by atoms with Gasteiger partial charge in [-0.15, -0.1) is 0 Å². The molecule has 1 fully saturated rings. The summed E-state index contributed by atoms with van der Waals surface area (Å²) < 4.78 is 5.49. The van der Waals surface area contributed by atoms with E-state index in [1.54, 1.807) is 29.2 Å². The molecule has 1 aliphatic heterocycles. The van der Waals surface area contributed by atoms with Crippen molar-refractivity contribution in [1.29, 1.82) is 0 Å². The summed E-state index contributed by atoms with van der Waals surface area (Å²) in [5, 5.41) is 5.56. The molecule has 0 radical (unpaired) electrons. The molecule has 1 saturated heterocycles. The number of nitrogens with one attached hydrogen (secondary N) is 2. The van der Waals surface area contributed by atoms with E-state index in [1.165, 1.54) is 0 Å². The van der Waals surface area contributed by atoms with Crippen molar-refractivity contribution in [1.82, 2.24) is 0 Å². The Kier molecular flexibility index (Phi) is 5.18. The van der Waals surface area contributed by atoms with E-state index >= 15 is 0 Å². The molecule has 3 rings (SSSR count). The average Bonchev–Trinajstić information content (AvgIpc) is 3.03. The minimum absolute atomic E-state index is 0.144. The van der Waals surface area contributed by atoms with E-state index in [0.717, 1.165) is 18.7 Å². The van der Waals surface area contributed by atoms with Gasteiger partial charge in [-0.2, -0.15) is 0 Å². The summed E-state index contributed by atoms with van der Waals surface area (Å²) in [5.41, 5.74) is 2.12. The van der Waals surface area contributed by atoms with Gasteiger partial charge < -0.3 is 20.3 Å². The monoisotopic (exact) mass is 339 g/mol. The lowest BCUT2D eigenvalue weighted by atomic mass is 10.2. The fraction of sp³-hybridized carbons (Fsp3) is 0.263. The normalized spacial score (nSPS) is 13.6. The van der Waals surface area contributed by atoms with Gasteiger partial charge in [0.1, 0.15) is 5.75 Å². The first kappa shape index (κ1) is 16.8. The van der Waals surface area contributed by atoms with Gasteiger partial charge in [0, 0.05) is 24.3 Å². The Morgan fingerprint density at radius 1 is 1.12 bits per heavy atom. The number of carbonyl (C=O) groups excluding carboxylic acids is 2. The van der Waals surface area contributed by atoms with Crippen LogP contribution >= 0.6 is 0 Å². The van der Waals surface area contributed by atoms with Crippen molar-refractivity contribution in [3.8, 4) is 5.75 Å². The first-order valence-corrected chi connectivity index (χ1v) is 8.37. The van der Waals surface area contributed by atoms with E-state index in [1.807, 2.05) is 31.2 Å². The van der Waals surface area contributed by atoms with E-state index in [0.29, 0.717) is 30.2 Å². The van der Waals surface area contributed by atoms with Crippen LogP contribution in [0.4, 0.5) is 21.9 Å². The van der Waals surface area contributed by atoms with E-state index < -0.39 is 0 Å². The van der Waals surface area contributed by atoms with Crippen LogP contribution in [0.3, 0.4) is 0 Å². The van der Waals surface area contributed by atoms with Crippen LogP contribution in [0.2, 0.25) is 0 Å². The fourth-order valence-electron chi connectivity index (χ4n) is 2.78. The number of ether oxygens (including phenoxy) is 1. The summed E-state index contributed by atoms with van der Waals surface area (Å²) in [7, 11) is 0. The zero-order chi connectivity index (χ0) is 17.6. The number of urea groups is 1. The van der Waals surface area contributed by atoms with Gasteiger partial charge in [0.2, 0.25) is 5.91 Å². The largest absolute Gasteiger partial charge is 0.492 e. The molecule has 0 spiro atoms. The molecule has 6 nitrogen and oxygen atoms in total. The molecule has 6 heteroatoms.